The Hall–Kier alpha value is -4.36. The van der Waals surface area contributed by atoms with E-state index in [0.29, 0.717) is 36.0 Å². The normalized spacial score (nSPS) is 15.4. The molecule has 1 saturated heterocycles. The molecule has 3 N–H and O–H groups in total. The Labute approximate surface area is 235 Å². The first-order valence-electron chi connectivity index (χ1n) is 13.3. The van der Waals surface area contributed by atoms with Gasteiger partial charge < -0.3 is 25.2 Å². The number of methoxy groups -OCH3 is 1. The van der Waals surface area contributed by atoms with Crippen LogP contribution in [0.2, 0.25) is 0 Å². The lowest BCUT2D eigenvalue weighted by molar-refractivity contribution is -0.125. The minimum Gasteiger partial charge on any atom is -0.497 e. The molecule has 0 saturated carbocycles. The number of aromatic nitrogens is 5. The van der Waals surface area contributed by atoms with Crippen LogP contribution in [0.1, 0.15) is 43.0 Å². The van der Waals surface area contributed by atoms with Crippen molar-refractivity contribution in [3.63, 3.8) is 0 Å². The molecular formula is C28H32FN7O5. The van der Waals surface area contributed by atoms with Crippen LogP contribution in [0.15, 0.2) is 47.8 Å². The van der Waals surface area contributed by atoms with Crippen molar-refractivity contribution in [1.82, 2.24) is 29.5 Å². The van der Waals surface area contributed by atoms with Gasteiger partial charge in [0.05, 0.1) is 25.5 Å². The van der Waals surface area contributed by atoms with Crippen LogP contribution in [0.25, 0.3) is 16.8 Å². The highest BCUT2D eigenvalue weighted by molar-refractivity contribution is 5.80. The summed E-state index contributed by atoms with van der Waals surface area (Å²) in [7, 11) is 1.39. The average Bonchev–Trinajstić information content (AvgIpc) is 3.42. The molecule has 2 atom stereocenters. The maximum Gasteiger partial charge on any atom is 0.278 e. The summed E-state index contributed by atoms with van der Waals surface area (Å²) in [6, 6.07) is 3.94. The van der Waals surface area contributed by atoms with Gasteiger partial charge in [0.15, 0.2) is 0 Å². The van der Waals surface area contributed by atoms with Crippen molar-refractivity contribution in [3.05, 3.63) is 70.3 Å². The molecule has 4 aromatic rings. The summed E-state index contributed by atoms with van der Waals surface area (Å²) in [6.45, 7) is 4.33. The quantitative estimate of drug-likeness (QED) is 0.279. The van der Waals surface area contributed by atoms with E-state index in [1.165, 1.54) is 40.7 Å². The first kappa shape index (κ1) is 28.2. The first-order valence-corrected chi connectivity index (χ1v) is 13.3. The molecular weight excluding hydrogens is 533 g/mol. The number of ether oxygens (including phenoxy) is 2. The predicted octanol–water partition coefficient (Wildman–Crippen LogP) is 2.41. The predicted molar refractivity (Wildman–Crippen MR) is 148 cm³/mol. The summed E-state index contributed by atoms with van der Waals surface area (Å²) >= 11 is 0. The van der Waals surface area contributed by atoms with E-state index in [-0.39, 0.29) is 17.3 Å². The number of nitrogens with one attached hydrogen (secondary N) is 2. The van der Waals surface area contributed by atoms with Gasteiger partial charge in [0.2, 0.25) is 11.9 Å². The molecule has 13 heteroatoms. The third-order valence-electron chi connectivity index (χ3n) is 7.18. The second-order valence-electron chi connectivity index (χ2n) is 10.0. The van der Waals surface area contributed by atoms with Crippen LogP contribution < -0.4 is 20.9 Å². The second-order valence-corrected chi connectivity index (χ2v) is 10.0. The molecule has 5 rings (SSSR count). The van der Waals surface area contributed by atoms with Crippen molar-refractivity contribution < 1.29 is 23.8 Å². The van der Waals surface area contributed by atoms with Gasteiger partial charge in [0, 0.05) is 43.3 Å². The fraction of sp³-hybridized carbons (Fsp3) is 0.393. The number of anilines is 1. The van der Waals surface area contributed by atoms with Gasteiger partial charge in [-0.15, -0.1) is 0 Å². The molecule has 0 bridgehead atoms. The number of aliphatic hydroxyl groups is 1. The Balaban J connectivity index is 1.38. The van der Waals surface area contributed by atoms with E-state index in [1.54, 1.807) is 25.4 Å². The van der Waals surface area contributed by atoms with E-state index in [4.69, 9.17) is 14.5 Å². The van der Waals surface area contributed by atoms with E-state index in [9.17, 15) is 19.1 Å². The number of hydrogen-bond acceptors (Lipinski definition) is 9. The maximum atomic E-state index is 14.0. The van der Waals surface area contributed by atoms with Crippen molar-refractivity contribution in [2.45, 2.75) is 44.8 Å². The fourth-order valence-corrected chi connectivity index (χ4v) is 4.79. The lowest BCUT2D eigenvalue weighted by Crippen LogP contribution is -2.39. The number of aryl methyl sites for hydroxylation is 1. The minimum atomic E-state index is -0.973. The highest BCUT2D eigenvalue weighted by Crippen LogP contribution is 2.25. The topological polar surface area (TPSA) is 145 Å². The third-order valence-corrected chi connectivity index (χ3v) is 7.18. The smallest absolute Gasteiger partial charge is 0.278 e. The number of aliphatic hydroxyl groups excluding tert-OH is 1. The molecule has 0 aliphatic carbocycles. The summed E-state index contributed by atoms with van der Waals surface area (Å²) < 4.78 is 27.2. The number of rotatable bonds is 9. The summed E-state index contributed by atoms with van der Waals surface area (Å²) in [5.74, 6) is -0.373. The van der Waals surface area contributed by atoms with Crippen LogP contribution in [-0.2, 0) is 9.53 Å². The number of halogens is 1. The van der Waals surface area contributed by atoms with Crippen LogP contribution in [0.3, 0.4) is 0 Å². The van der Waals surface area contributed by atoms with E-state index < -0.39 is 36.0 Å². The lowest BCUT2D eigenvalue weighted by atomic mass is 10.1. The first-order chi connectivity index (χ1) is 19.8. The van der Waals surface area contributed by atoms with Gasteiger partial charge in [-0.1, -0.05) is 0 Å². The van der Waals surface area contributed by atoms with E-state index in [2.05, 4.69) is 20.7 Å². The van der Waals surface area contributed by atoms with Crippen molar-refractivity contribution in [2.24, 2.45) is 0 Å². The van der Waals surface area contributed by atoms with Crippen LogP contribution in [0.5, 0.6) is 5.75 Å². The largest absolute Gasteiger partial charge is 0.497 e. The number of amides is 1. The van der Waals surface area contributed by atoms with Crippen molar-refractivity contribution in [2.75, 3.05) is 32.2 Å². The molecule has 41 heavy (non-hydrogen) atoms. The standard InChI is InChI=1S/C28H32FN7O5/c1-16-12-30-28(32-21-4-6-41-7-5-21)34-25(16)19-10-24-27(39)35(15-31-36(24)13-19)17(2)26(38)33-23(14-37)18-8-20(29)11-22(9-18)40-3/h8-13,15,17,21,23,37H,4-7,14H2,1-3H3,(H,33,38)(H,30,32,34)/t17-,23-/m1/s1. The van der Waals surface area contributed by atoms with Crippen LogP contribution in [0.4, 0.5) is 10.3 Å². The Kier molecular flexibility index (Phi) is 8.26. The molecule has 1 aromatic carbocycles. The van der Waals surface area contributed by atoms with E-state index in [1.807, 2.05) is 6.92 Å². The SMILES string of the molecule is COc1cc(F)cc([C@@H](CO)NC(=O)[C@@H](C)n2cnn3cc(-c4nc(NC5CCOCC5)ncc4C)cc3c2=O)c1. The zero-order valence-electron chi connectivity index (χ0n) is 23.0. The van der Waals surface area contributed by atoms with Gasteiger partial charge in [-0.05, 0) is 56.0 Å². The summed E-state index contributed by atoms with van der Waals surface area (Å²) in [6.07, 6.45) is 6.46. The maximum absolute atomic E-state index is 14.0. The zero-order valence-corrected chi connectivity index (χ0v) is 23.0. The highest BCUT2D eigenvalue weighted by atomic mass is 19.1. The van der Waals surface area contributed by atoms with Crippen molar-refractivity contribution in [1.29, 1.82) is 0 Å². The summed E-state index contributed by atoms with van der Waals surface area (Å²) in [4.78, 5) is 35.7. The lowest BCUT2D eigenvalue weighted by Gasteiger charge is -2.23. The Morgan fingerprint density at radius 1 is 1.27 bits per heavy atom. The molecule has 216 valence electrons. The van der Waals surface area contributed by atoms with Gasteiger partial charge in [0.25, 0.3) is 5.56 Å². The van der Waals surface area contributed by atoms with E-state index in [0.717, 1.165) is 18.4 Å². The number of carbonyl (C=O) groups is 1. The highest BCUT2D eigenvalue weighted by Gasteiger charge is 2.23. The number of nitrogens with zero attached hydrogens (tertiary/aromatic N) is 5. The van der Waals surface area contributed by atoms with Gasteiger partial charge in [0.1, 0.15) is 29.5 Å². The average molecular weight is 566 g/mol. The minimum absolute atomic E-state index is 0.224. The molecule has 0 radical (unpaired) electrons. The second kappa shape index (κ2) is 12.0. The number of carbonyl (C=O) groups excluding carboxylic acids is 1. The van der Waals surface area contributed by atoms with Gasteiger partial charge >= 0.3 is 0 Å². The van der Waals surface area contributed by atoms with Gasteiger partial charge in [-0.3, -0.25) is 14.2 Å². The fourth-order valence-electron chi connectivity index (χ4n) is 4.79. The molecule has 1 amide bonds. The van der Waals surface area contributed by atoms with Crippen LogP contribution in [-0.4, -0.2) is 68.1 Å². The molecule has 4 heterocycles. The van der Waals surface area contributed by atoms with Crippen molar-refractivity contribution in [3.8, 4) is 17.0 Å². The molecule has 0 unspecified atom stereocenters. The Morgan fingerprint density at radius 3 is 2.78 bits per heavy atom. The van der Waals surface area contributed by atoms with Gasteiger partial charge in [-0.25, -0.2) is 18.9 Å². The zero-order chi connectivity index (χ0) is 29.1. The van der Waals surface area contributed by atoms with Crippen LogP contribution in [0, 0.1) is 12.7 Å². The molecule has 3 aromatic heterocycles. The number of benzene rings is 1. The summed E-state index contributed by atoms with van der Waals surface area (Å²) in [5, 5.41) is 20.3. The molecule has 1 fully saturated rings. The molecule has 1 aliphatic rings. The summed E-state index contributed by atoms with van der Waals surface area (Å²) in [5.41, 5.74) is 2.32. The molecule has 1 aliphatic heterocycles. The Bertz CT molecular complexity index is 1620. The molecule has 12 nitrogen and oxygen atoms in total. The van der Waals surface area contributed by atoms with E-state index >= 15 is 0 Å². The molecule has 0 spiro atoms. The van der Waals surface area contributed by atoms with Crippen LogP contribution >= 0.6 is 0 Å². The monoisotopic (exact) mass is 565 g/mol. The third kappa shape index (κ3) is 6.05. The van der Waals surface area contributed by atoms with Crippen molar-refractivity contribution >= 4 is 17.4 Å². The number of hydrogen-bond donors (Lipinski definition) is 3. The Morgan fingerprint density at radius 2 is 2.05 bits per heavy atom. The number of fused-ring (bicyclic) bond motifs is 1. The van der Waals surface area contributed by atoms with Gasteiger partial charge in [-0.2, -0.15) is 5.10 Å².